The highest BCUT2D eigenvalue weighted by Crippen LogP contribution is 2.28. The molecule has 2 aromatic carbocycles. The van der Waals surface area contributed by atoms with Crippen molar-refractivity contribution >= 4 is 56.2 Å². The van der Waals surface area contributed by atoms with Crippen LogP contribution in [0.1, 0.15) is 31.2 Å². The van der Waals surface area contributed by atoms with Gasteiger partial charge >= 0.3 is 0 Å². The lowest BCUT2D eigenvalue weighted by Gasteiger charge is -2.11. The fourth-order valence-corrected chi connectivity index (χ4v) is 4.62. The second-order valence-corrected chi connectivity index (χ2v) is 7.94. The van der Waals surface area contributed by atoms with Gasteiger partial charge in [-0.2, -0.15) is 0 Å². The molecule has 0 radical (unpaired) electrons. The lowest BCUT2D eigenvalue weighted by atomic mass is 10.2. The van der Waals surface area contributed by atoms with E-state index in [1.807, 2.05) is 6.07 Å². The van der Waals surface area contributed by atoms with Crippen LogP contribution in [0.2, 0.25) is 0 Å². The molecule has 0 saturated heterocycles. The number of aromatic hydroxyl groups is 1. The number of unbranched alkanes of at least 4 members (excludes halogenated alkanes) is 1. The minimum absolute atomic E-state index is 0.372. The van der Waals surface area contributed by atoms with Crippen LogP contribution in [-0.2, 0) is 13.0 Å². The summed E-state index contributed by atoms with van der Waals surface area (Å²) in [5, 5.41) is 9.97. The molecule has 3 rings (SSSR count). The Labute approximate surface area is 163 Å². The van der Waals surface area contributed by atoms with Crippen LogP contribution in [0.3, 0.4) is 0 Å². The molecule has 0 aliphatic heterocycles. The maximum Gasteiger partial charge on any atom is 0.142 e. The number of benzene rings is 2. The van der Waals surface area contributed by atoms with E-state index in [4.69, 9.17) is 4.98 Å². The summed E-state index contributed by atoms with van der Waals surface area (Å²) in [5.74, 6) is 1.52. The molecule has 0 bridgehead atoms. The molecule has 5 heteroatoms. The molecule has 120 valence electrons. The first kappa shape index (κ1) is 17.0. The van der Waals surface area contributed by atoms with E-state index in [1.54, 1.807) is 0 Å². The van der Waals surface area contributed by atoms with Crippen molar-refractivity contribution in [2.75, 3.05) is 0 Å². The Kier molecular flexibility index (Phi) is 5.45. The lowest BCUT2D eigenvalue weighted by molar-refractivity contribution is 0.467. The summed E-state index contributed by atoms with van der Waals surface area (Å²) < 4.78 is 4.09. The minimum atomic E-state index is 0.372. The van der Waals surface area contributed by atoms with E-state index in [9.17, 15) is 5.11 Å². The molecule has 0 atom stereocenters. The van der Waals surface area contributed by atoms with Crippen LogP contribution < -0.4 is 0 Å². The Morgan fingerprint density at radius 3 is 2.52 bits per heavy atom. The number of rotatable bonds is 5. The normalized spacial score (nSPS) is 11.3. The van der Waals surface area contributed by atoms with Gasteiger partial charge in [-0.3, -0.25) is 0 Å². The molecule has 1 aromatic heterocycles. The molecule has 0 saturated carbocycles. The summed E-state index contributed by atoms with van der Waals surface area (Å²) in [6, 6.07) is 12.4. The zero-order chi connectivity index (χ0) is 16.4. The quantitative estimate of drug-likeness (QED) is 0.451. The standard InChI is InChI=1S/C18H18I2N2O/c1-2-3-8-17-21-15-6-4-5-7-16(15)22(17)11-12-9-13(19)18(23)14(20)10-12/h4-7,9-10,23H,2-3,8,11H2,1H3. The number of imidazole rings is 1. The zero-order valence-corrected chi connectivity index (χ0v) is 17.2. The van der Waals surface area contributed by atoms with Crippen LogP contribution in [-0.4, -0.2) is 14.7 Å². The van der Waals surface area contributed by atoms with Gasteiger partial charge in [-0.15, -0.1) is 0 Å². The van der Waals surface area contributed by atoms with Gasteiger partial charge in [0.25, 0.3) is 0 Å². The van der Waals surface area contributed by atoms with Crippen LogP contribution in [0.25, 0.3) is 11.0 Å². The van der Waals surface area contributed by atoms with Crippen molar-refractivity contribution in [3.63, 3.8) is 0 Å². The number of hydrogen-bond donors (Lipinski definition) is 1. The summed E-state index contributed by atoms with van der Waals surface area (Å²) in [5.41, 5.74) is 3.43. The second kappa shape index (κ2) is 7.38. The first-order chi connectivity index (χ1) is 11.1. The molecule has 23 heavy (non-hydrogen) atoms. The molecule has 0 amide bonds. The Balaban J connectivity index is 2.04. The minimum Gasteiger partial charge on any atom is -0.506 e. The first-order valence-electron chi connectivity index (χ1n) is 7.71. The van der Waals surface area contributed by atoms with Crippen molar-refractivity contribution < 1.29 is 5.11 Å². The molecule has 0 unspecified atom stereocenters. The Morgan fingerprint density at radius 1 is 1.13 bits per heavy atom. The fraction of sp³-hybridized carbons (Fsp3) is 0.278. The monoisotopic (exact) mass is 532 g/mol. The number of fused-ring (bicyclic) bond motifs is 1. The highest BCUT2D eigenvalue weighted by molar-refractivity contribution is 14.1. The number of hydrogen-bond acceptors (Lipinski definition) is 2. The van der Waals surface area contributed by atoms with Crippen molar-refractivity contribution in [2.45, 2.75) is 32.7 Å². The predicted molar refractivity (Wildman–Crippen MR) is 111 cm³/mol. The topological polar surface area (TPSA) is 38.0 Å². The molecule has 1 N–H and O–H groups in total. The average Bonchev–Trinajstić information content (AvgIpc) is 2.88. The third kappa shape index (κ3) is 3.65. The summed E-state index contributed by atoms with van der Waals surface area (Å²) >= 11 is 4.37. The van der Waals surface area contributed by atoms with Gasteiger partial charge < -0.3 is 9.67 Å². The van der Waals surface area contributed by atoms with Crippen molar-refractivity contribution in [3.05, 3.63) is 54.9 Å². The third-order valence-corrected chi connectivity index (χ3v) is 5.55. The van der Waals surface area contributed by atoms with E-state index in [1.165, 1.54) is 11.1 Å². The average molecular weight is 532 g/mol. The van der Waals surface area contributed by atoms with Gasteiger partial charge in [0.1, 0.15) is 11.6 Å². The maximum absolute atomic E-state index is 9.97. The number of halogens is 2. The Bertz CT molecular complexity index is 819. The number of nitrogens with zero attached hydrogens (tertiary/aromatic N) is 2. The van der Waals surface area contributed by atoms with Gasteiger partial charge in [-0.05, 0) is 81.4 Å². The van der Waals surface area contributed by atoms with Gasteiger partial charge in [0.15, 0.2) is 0 Å². The Morgan fingerprint density at radius 2 is 1.83 bits per heavy atom. The van der Waals surface area contributed by atoms with Crippen LogP contribution in [0, 0.1) is 7.14 Å². The summed E-state index contributed by atoms with van der Waals surface area (Å²) in [6.07, 6.45) is 3.31. The molecular weight excluding hydrogens is 514 g/mol. The molecule has 3 aromatic rings. The van der Waals surface area contributed by atoms with Crippen molar-refractivity contribution in [1.82, 2.24) is 9.55 Å². The third-order valence-electron chi connectivity index (χ3n) is 3.90. The van der Waals surface area contributed by atoms with Gasteiger partial charge in [0.2, 0.25) is 0 Å². The van der Waals surface area contributed by atoms with Crippen molar-refractivity contribution in [2.24, 2.45) is 0 Å². The Hall–Kier alpha value is -0.830. The highest BCUT2D eigenvalue weighted by atomic mass is 127. The molecule has 0 aliphatic rings. The van der Waals surface area contributed by atoms with E-state index in [-0.39, 0.29) is 0 Å². The first-order valence-corrected chi connectivity index (χ1v) is 9.87. The van der Waals surface area contributed by atoms with E-state index in [0.717, 1.165) is 44.3 Å². The summed E-state index contributed by atoms with van der Waals surface area (Å²) in [7, 11) is 0. The largest absolute Gasteiger partial charge is 0.506 e. The number of aromatic nitrogens is 2. The number of phenolic OH excluding ortho intramolecular Hbond substituents is 1. The van der Waals surface area contributed by atoms with Crippen molar-refractivity contribution in [3.8, 4) is 5.75 Å². The zero-order valence-electron chi connectivity index (χ0n) is 12.9. The van der Waals surface area contributed by atoms with Crippen LogP contribution in [0.15, 0.2) is 36.4 Å². The molecule has 3 nitrogen and oxygen atoms in total. The van der Waals surface area contributed by atoms with Gasteiger partial charge in [-0.1, -0.05) is 25.5 Å². The SMILES string of the molecule is CCCCc1nc2ccccc2n1Cc1cc(I)c(O)c(I)c1. The van der Waals surface area contributed by atoms with Gasteiger partial charge in [0, 0.05) is 13.0 Å². The molecule has 0 aliphatic carbocycles. The number of para-hydroxylation sites is 2. The molecule has 1 heterocycles. The van der Waals surface area contributed by atoms with Crippen molar-refractivity contribution in [1.29, 1.82) is 0 Å². The highest BCUT2D eigenvalue weighted by Gasteiger charge is 2.12. The van der Waals surface area contributed by atoms with Gasteiger partial charge in [-0.25, -0.2) is 4.98 Å². The van der Waals surface area contributed by atoms with E-state index >= 15 is 0 Å². The van der Waals surface area contributed by atoms with E-state index in [2.05, 4.69) is 87.0 Å². The molecule has 0 fully saturated rings. The summed E-state index contributed by atoms with van der Waals surface area (Å²) in [6.45, 7) is 2.99. The van der Waals surface area contributed by atoms with Crippen LogP contribution >= 0.6 is 45.2 Å². The predicted octanol–water partition coefficient (Wildman–Crippen LogP) is 5.34. The number of aryl methyl sites for hydroxylation is 1. The second-order valence-electron chi connectivity index (χ2n) is 5.61. The lowest BCUT2D eigenvalue weighted by Crippen LogP contribution is -2.06. The smallest absolute Gasteiger partial charge is 0.142 e. The van der Waals surface area contributed by atoms with E-state index in [0.29, 0.717) is 5.75 Å². The molecule has 0 spiro atoms. The van der Waals surface area contributed by atoms with E-state index < -0.39 is 0 Å². The molecular formula is C18H18I2N2O. The van der Waals surface area contributed by atoms with Crippen LogP contribution in [0.4, 0.5) is 0 Å². The fourth-order valence-electron chi connectivity index (χ4n) is 2.72. The van der Waals surface area contributed by atoms with Gasteiger partial charge in [0.05, 0.1) is 18.2 Å². The van der Waals surface area contributed by atoms with Crippen LogP contribution in [0.5, 0.6) is 5.75 Å². The maximum atomic E-state index is 9.97. The summed E-state index contributed by atoms with van der Waals surface area (Å²) in [4.78, 5) is 4.82. The number of phenols is 1.